The predicted octanol–water partition coefficient (Wildman–Crippen LogP) is -0.853. The topological polar surface area (TPSA) is 89.3 Å². The highest BCUT2D eigenvalue weighted by atomic mass is 16.5. The minimum atomic E-state index is -0.828. The molecule has 1 aliphatic heterocycles. The van der Waals surface area contributed by atoms with Crippen molar-refractivity contribution >= 4 is 5.97 Å². The van der Waals surface area contributed by atoms with Crippen molar-refractivity contribution in [3.05, 3.63) is 11.9 Å². The molecule has 1 saturated heterocycles. The van der Waals surface area contributed by atoms with E-state index in [4.69, 9.17) is 9.84 Å². The van der Waals surface area contributed by atoms with Crippen LogP contribution in [0.25, 0.3) is 0 Å². The van der Waals surface area contributed by atoms with Gasteiger partial charge in [-0.1, -0.05) is 5.21 Å². The van der Waals surface area contributed by atoms with E-state index < -0.39 is 12.0 Å². The van der Waals surface area contributed by atoms with Gasteiger partial charge in [-0.3, -0.25) is 9.48 Å². The first-order chi connectivity index (χ1) is 7.65. The average Bonchev–Trinajstić information content (AvgIpc) is 2.83. The molecule has 16 heavy (non-hydrogen) atoms. The maximum atomic E-state index is 10.7. The Kier molecular flexibility index (Phi) is 3.16. The van der Waals surface area contributed by atoms with Crippen molar-refractivity contribution in [3.8, 4) is 0 Å². The number of hydrogen-bond donors (Lipinski definition) is 2. The maximum Gasteiger partial charge on any atom is 0.320 e. The van der Waals surface area contributed by atoms with E-state index >= 15 is 0 Å². The quantitative estimate of drug-likeness (QED) is 0.695. The van der Waals surface area contributed by atoms with E-state index in [2.05, 4.69) is 15.6 Å². The van der Waals surface area contributed by atoms with Gasteiger partial charge in [0.1, 0.15) is 11.7 Å². The first-order valence-electron chi connectivity index (χ1n) is 5.08. The summed E-state index contributed by atoms with van der Waals surface area (Å²) in [6.07, 6.45) is 2.20. The van der Waals surface area contributed by atoms with Crippen molar-refractivity contribution in [1.82, 2.24) is 20.3 Å². The van der Waals surface area contributed by atoms with E-state index in [0.717, 1.165) is 5.69 Å². The molecule has 0 aliphatic carbocycles. The fourth-order valence-corrected chi connectivity index (χ4v) is 1.68. The van der Waals surface area contributed by atoms with Crippen LogP contribution in [0.4, 0.5) is 0 Å². The molecule has 0 bridgehead atoms. The molecule has 7 heteroatoms. The highest BCUT2D eigenvalue weighted by molar-refractivity contribution is 5.73. The Hall–Kier alpha value is -1.47. The van der Waals surface area contributed by atoms with Gasteiger partial charge in [-0.05, 0) is 0 Å². The number of nitrogens with one attached hydrogen (secondary N) is 1. The number of aromatic nitrogens is 3. The molecule has 0 amide bonds. The van der Waals surface area contributed by atoms with Gasteiger partial charge < -0.3 is 15.2 Å². The molecule has 1 aromatic rings. The first kappa shape index (κ1) is 11.0. The second kappa shape index (κ2) is 4.58. The van der Waals surface area contributed by atoms with Gasteiger partial charge in [0, 0.05) is 20.0 Å². The number of carboxylic acid groups (broad SMARTS) is 1. The zero-order valence-corrected chi connectivity index (χ0v) is 8.96. The number of carboxylic acids is 1. The van der Waals surface area contributed by atoms with Crippen LogP contribution in [-0.2, 0) is 23.2 Å². The van der Waals surface area contributed by atoms with Crippen LogP contribution < -0.4 is 5.32 Å². The normalized spacial score (nSPS) is 24.8. The second-order valence-electron chi connectivity index (χ2n) is 3.85. The summed E-state index contributed by atoms with van der Waals surface area (Å²) in [7, 11) is 1.79. The summed E-state index contributed by atoms with van der Waals surface area (Å²) in [5.41, 5.74) is 0.751. The van der Waals surface area contributed by atoms with Crippen molar-refractivity contribution in [1.29, 1.82) is 0 Å². The first-order valence-corrected chi connectivity index (χ1v) is 5.08. The van der Waals surface area contributed by atoms with Crippen LogP contribution in [0.1, 0.15) is 12.1 Å². The lowest BCUT2D eigenvalue weighted by atomic mass is 10.2. The van der Waals surface area contributed by atoms with E-state index in [9.17, 15) is 4.79 Å². The third kappa shape index (κ3) is 2.56. The number of aliphatic carboxylic acids is 1. The van der Waals surface area contributed by atoms with Crippen LogP contribution in [0.2, 0.25) is 0 Å². The van der Waals surface area contributed by atoms with E-state index in [1.807, 2.05) is 0 Å². The summed E-state index contributed by atoms with van der Waals surface area (Å²) >= 11 is 0. The number of hydrogen-bond acceptors (Lipinski definition) is 5. The average molecular weight is 226 g/mol. The summed E-state index contributed by atoms with van der Waals surface area (Å²) in [5.74, 6) is -0.828. The Labute approximate surface area is 92.4 Å². The van der Waals surface area contributed by atoms with E-state index in [1.165, 1.54) is 0 Å². The van der Waals surface area contributed by atoms with Crippen LogP contribution in [0.15, 0.2) is 6.20 Å². The fourth-order valence-electron chi connectivity index (χ4n) is 1.68. The van der Waals surface area contributed by atoms with Crippen molar-refractivity contribution in [3.63, 3.8) is 0 Å². The van der Waals surface area contributed by atoms with Gasteiger partial charge in [0.25, 0.3) is 0 Å². The third-order valence-electron chi connectivity index (χ3n) is 2.51. The largest absolute Gasteiger partial charge is 0.480 e. The lowest BCUT2D eigenvalue weighted by molar-refractivity contribution is -0.139. The number of nitrogens with zero attached hydrogens (tertiary/aromatic N) is 3. The van der Waals surface area contributed by atoms with Crippen LogP contribution in [0, 0.1) is 0 Å². The molecule has 0 saturated carbocycles. The molecule has 2 N–H and O–H groups in total. The molecular weight excluding hydrogens is 212 g/mol. The van der Waals surface area contributed by atoms with Gasteiger partial charge in [-0.2, -0.15) is 0 Å². The van der Waals surface area contributed by atoms with Crippen LogP contribution in [0.5, 0.6) is 0 Å². The molecule has 0 radical (unpaired) electrons. The van der Waals surface area contributed by atoms with Crippen molar-refractivity contribution in [2.45, 2.75) is 25.2 Å². The number of carbonyl (C=O) groups is 1. The number of ether oxygens (including phenoxy) is 1. The Morgan fingerprint density at radius 1 is 1.81 bits per heavy atom. The summed E-state index contributed by atoms with van der Waals surface area (Å²) in [6, 6.07) is -0.494. The van der Waals surface area contributed by atoms with Crippen molar-refractivity contribution in [2.24, 2.45) is 7.05 Å². The van der Waals surface area contributed by atoms with E-state index in [1.54, 1.807) is 17.9 Å². The van der Waals surface area contributed by atoms with Gasteiger partial charge >= 0.3 is 5.97 Å². The summed E-state index contributed by atoms with van der Waals surface area (Å²) < 4.78 is 7.14. The molecular formula is C9H14N4O3. The lowest BCUT2D eigenvalue weighted by Crippen LogP contribution is -2.29. The van der Waals surface area contributed by atoms with Crippen LogP contribution in [0.3, 0.4) is 0 Å². The van der Waals surface area contributed by atoms with Gasteiger partial charge in [0.15, 0.2) is 0 Å². The maximum absolute atomic E-state index is 10.7. The summed E-state index contributed by atoms with van der Waals surface area (Å²) in [5, 5.41) is 19.3. The highest BCUT2D eigenvalue weighted by Gasteiger charge is 2.29. The zero-order chi connectivity index (χ0) is 11.5. The van der Waals surface area contributed by atoms with Gasteiger partial charge in [0.05, 0.1) is 18.9 Å². The lowest BCUT2D eigenvalue weighted by Gasteiger charge is -2.08. The van der Waals surface area contributed by atoms with Crippen molar-refractivity contribution < 1.29 is 14.6 Å². The van der Waals surface area contributed by atoms with Gasteiger partial charge in [-0.25, -0.2) is 0 Å². The van der Waals surface area contributed by atoms with Gasteiger partial charge in [0.2, 0.25) is 0 Å². The highest BCUT2D eigenvalue weighted by Crippen LogP contribution is 2.12. The molecule has 7 nitrogen and oxygen atoms in total. The van der Waals surface area contributed by atoms with E-state index in [0.29, 0.717) is 19.6 Å². The minimum Gasteiger partial charge on any atom is -0.480 e. The smallest absolute Gasteiger partial charge is 0.320 e. The van der Waals surface area contributed by atoms with Crippen LogP contribution >= 0.6 is 0 Å². The predicted molar refractivity (Wildman–Crippen MR) is 53.6 cm³/mol. The zero-order valence-electron chi connectivity index (χ0n) is 8.96. The Balaban J connectivity index is 1.77. The molecule has 1 fully saturated rings. The van der Waals surface area contributed by atoms with Crippen molar-refractivity contribution in [2.75, 3.05) is 6.54 Å². The Morgan fingerprint density at radius 2 is 2.62 bits per heavy atom. The molecule has 2 atom stereocenters. The standard InChI is InChI=1S/C9H14N4O3/c1-13-4-6(11-12-13)5-16-7-2-8(9(14)15)10-3-7/h4,7-8,10H,2-3,5H2,1H3,(H,14,15)/t7-,8+/m1/s1. The number of aryl methyl sites for hydroxylation is 1. The SMILES string of the molecule is Cn1cc(CO[C@H]2CN[C@H](C(=O)O)C2)nn1. The molecule has 1 aromatic heterocycles. The molecule has 0 spiro atoms. The monoisotopic (exact) mass is 226 g/mol. The molecule has 1 aliphatic rings. The third-order valence-corrected chi connectivity index (χ3v) is 2.51. The second-order valence-corrected chi connectivity index (χ2v) is 3.85. The molecule has 88 valence electrons. The fraction of sp³-hybridized carbons (Fsp3) is 0.667. The van der Waals surface area contributed by atoms with Crippen LogP contribution in [-0.4, -0.2) is 44.8 Å². The Bertz CT molecular complexity index is 379. The molecule has 2 heterocycles. The van der Waals surface area contributed by atoms with Gasteiger partial charge in [-0.15, -0.1) is 5.10 Å². The number of rotatable bonds is 4. The van der Waals surface area contributed by atoms with E-state index in [-0.39, 0.29) is 6.10 Å². The summed E-state index contributed by atoms with van der Waals surface area (Å²) in [6.45, 7) is 0.934. The molecule has 2 rings (SSSR count). The Morgan fingerprint density at radius 3 is 3.19 bits per heavy atom. The summed E-state index contributed by atoms with van der Waals surface area (Å²) in [4.78, 5) is 10.7. The molecule has 0 unspecified atom stereocenters. The minimum absolute atomic E-state index is 0.0666. The molecule has 0 aromatic carbocycles.